The van der Waals surface area contributed by atoms with Gasteiger partial charge in [-0.15, -0.1) is 0 Å². The van der Waals surface area contributed by atoms with Gasteiger partial charge in [0, 0.05) is 11.9 Å². The highest BCUT2D eigenvalue weighted by molar-refractivity contribution is 5.88. The number of nitrogens with zero attached hydrogens (tertiary/aromatic N) is 2. The van der Waals surface area contributed by atoms with Crippen molar-refractivity contribution < 1.29 is 14.6 Å². The summed E-state index contributed by atoms with van der Waals surface area (Å²) in [5.41, 5.74) is 1.54. The van der Waals surface area contributed by atoms with Crippen molar-refractivity contribution in [2.75, 3.05) is 0 Å². The van der Waals surface area contributed by atoms with Crippen LogP contribution in [0.15, 0.2) is 36.5 Å². The van der Waals surface area contributed by atoms with Crippen LogP contribution in [0.3, 0.4) is 0 Å². The SMILES string of the molecule is Cc1cccc(COc2cccnc2C(=O)O)n1. The Morgan fingerprint density at radius 3 is 2.89 bits per heavy atom. The fraction of sp³-hybridized carbons (Fsp3) is 0.154. The maximum Gasteiger partial charge on any atom is 0.358 e. The molecule has 0 aliphatic heterocycles. The Kier molecular flexibility index (Phi) is 3.52. The molecule has 5 nitrogen and oxygen atoms in total. The second-order valence-corrected chi connectivity index (χ2v) is 3.71. The highest BCUT2D eigenvalue weighted by atomic mass is 16.5. The van der Waals surface area contributed by atoms with Gasteiger partial charge < -0.3 is 9.84 Å². The Hall–Kier alpha value is -2.43. The van der Waals surface area contributed by atoms with Crippen LogP contribution in [0.2, 0.25) is 0 Å². The van der Waals surface area contributed by atoms with Gasteiger partial charge in [0.1, 0.15) is 6.61 Å². The summed E-state index contributed by atoms with van der Waals surface area (Å²) in [6.07, 6.45) is 1.42. The first-order chi connectivity index (χ1) is 8.66. The van der Waals surface area contributed by atoms with Gasteiger partial charge in [-0.1, -0.05) is 6.07 Å². The Labute approximate surface area is 104 Å². The number of hydrogen-bond acceptors (Lipinski definition) is 4. The first kappa shape index (κ1) is 12.0. The minimum Gasteiger partial charge on any atom is -0.485 e. The van der Waals surface area contributed by atoms with Crippen molar-refractivity contribution in [2.45, 2.75) is 13.5 Å². The number of pyridine rings is 2. The van der Waals surface area contributed by atoms with Gasteiger partial charge in [0.25, 0.3) is 0 Å². The van der Waals surface area contributed by atoms with Gasteiger partial charge >= 0.3 is 5.97 Å². The van der Waals surface area contributed by atoms with Crippen LogP contribution in [0.1, 0.15) is 21.9 Å². The predicted molar refractivity (Wildman–Crippen MR) is 64.5 cm³/mol. The highest BCUT2D eigenvalue weighted by Gasteiger charge is 2.12. The summed E-state index contributed by atoms with van der Waals surface area (Å²) in [5.74, 6) is -0.865. The summed E-state index contributed by atoms with van der Waals surface area (Å²) in [7, 11) is 0. The molecule has 18 heavy (non-hydrogen) atoms. The Balaban J connectivity index is 2.13. The summed E-state index contributed by atoms with van der Waals surface area (Å²) in [5, 5.41) is 8.95. The van der Waals surface area contributed by atoms with Crippen LogP contribution in [0, 0.1) is 6.92 Å². The van der Waals surface area contributed by atoms with E-state index in [1.807, 2.05) is 25.1 Å². The summed E-state index contributed by atoms with van der Waals surface area (Å²) >= 11 is 0. The van der Waals surface area contributed by atoms with E-state index < -0.39 is 5.97 Å². The van der Waals surface area contributed by atoms with Gasteiger partial charge in [-0.25, -0.2) is 9.78 Å². The minimum atomic E-state index is -1.11. The third-order valence-corrected chi connectivity index (χ3v) is 2.29. The Morgan fingerprint density at radius 1 is 1.33 bits per heavy atom. The zero-order valence-corrected chi connectivity index (χ0v) is 9.83. The molecule has 0 amide bonds. The maximum atomic E-state index is 10.9. The molecule has 0 unspecified atom stereocenters. The Morgan fingerprint density at radius 2 is 2.17 bits per heavy atom. The predicted octanol–water partition coefficient (Wildman–Crippen LogP) is 2.06. The van der Waals surface area contributed by atoms with Crippen LogP contribution in [-0.4, -0.2) is 21.0 Å². The fourth-order valence-corrected chi connectivity index (χ4v) is 1.50. The number of aromatic carboxylic acids is 1. The third-order valence-electron chi connectivity index (χ3n) is 2.29. The van der Waals surface area contributed by atoms with E-state index in [9.17, 15) is 4.79 Å². The van der Waals surface area contributed by atoms with Crippen molar-refractivity contribution in [3.8, 4) is 5.75 Å². The number of carbonyl (C=O) groups is 1. The van der Waals surface area contributed by atoms with Crippen molar-refractivity contribution in [2.24, 2.45) is 0 Å². The number of aryl methyl sites for hydroxylation is 1. The molecule has 2 heterocycles. The lowest BCUT2D eigenvalue weighted by Gasteiger charge is -2.07. The topological polar surface area (TPSA) is 72.3 Å². The van der Waals surface area contributed by atoms with Crippen LogP contribution in [0.25, 0.3) is 0 Å². The van der Waals surface area contributed by atoms with Gasteiger partial charge in [0.15, 0.2) is 11.4 Å². The molecule has 2 aromatic rings. The molecule has 0 aliphatic carbocycles. The van der Waals surface area contributed by atoms with Crippen molar-refractivity contribution >= 4 is 5.97 Å². The van der Waals surface area contributed by atoms with E-state index in [4.69, 9.17) is 9.84 Å². The molecule has 0 atom stereocenters. The van der Waals surface area contributed by atoms with Gasteiger partial charge in [-0.2, -0.15) is 0 Å². The smallest absolute Gasteiger partial charge is 0.358 e. The molecule has 5 heteroatoms. The van der Waals surface area contributed by atoms with E-state index in [0.29, 0.717) is 0 Å². The van der Waals surface area contributed by atoms with E-state index >= 15 is 0 Å². The summed E-state index contributed by atoms with van der Waals surface area (Å²) in [6.45, 7) is 2.10. The fourth-order valence-electron chi connectivity index (χ4n) is 1.50. The normalized spacial score (nSPS) is 10.1. The number of rotatable bonds is 4. The van der Waals surface area contributed by atoms with Crippen molar-refractivity contribution in [1.82, 2.24) is 9.97 Å². The molecule has 0 fully saturated rings. The molecule has 1 N–H and O–H groups in total. The molecule has 0 saturated carbocycles. The highest BCUT2D eigenvalue weighted by Crippen LogP contribution is 2.16. The lowest BCUT2D eigenvalue weighted by molar-refractivity contribution is 0.0684. The minimum absolute atomic E-state index is 0.0925. The van der Waals surface area contributed by atoms with Gasteiger partial charge in [0.05, 0.1) is 5.69 Å². The maximum absolute atomic E-state index is 10.9. The molecular weight excluding hydrogens is 232 g/mol. The molecule has 0 saturated heterocycles. The van der Waals surface area contributed by atoms with Crippen LogP contribution >= 0.6 is 0 Å². The van der Waals surface area contributed by atoms with Crippen LogP contribution in [-0.2, 0) is 6.61 Å². The van der Waals surface area contributed by atoms with Crippen molar-refractivity contribution in [3.63, 3.8) is 0 Å². The van der Waals surface area contributed by atoms with Crippen LogP contribution < -0.4 is 4.74 Å². The summed E-state index contributed by atoms with van der Waals surface area (Å²) in [6, 6.07) is 8.79. The van der Waals surface area contributed by atoms with E-state index in [1.165, 1.54) is 6.20 Å². The van der Waals surface area contributed by atoms with Crippen molar-refractivity contribution in [1.29, 1.82) is 0 Å². The lowest BCUT2D eigenvalue weighted by Crippen LogP contribution is -2.06. The molecule has 92 valence electrons. The van der Waals surface area contributed by atoms with Crippen LogP contribution in [0.4, 0.5) is 0 Å². The number of hydrogen-bond donors (Lipinski definition) is 1. The molecule has 0 radical (unpaired) electrons. The molecule has 0 bridgehead atoms. The molecule has 2 rings (SSSR count). The summed E-state index contributed by atoms with van der Waals surface area (Å²) < 4.78 is 5.43. The zero-order chi connectivity index (χ0) is 13.0. The van der Waals surface area contributed by atoms with Gasteiger partial charge in [0.2, 0.25) is 0 Å². The molecule has 2 aromatic heterocycles. The number of carboxylic acid groups (broad SMARTS) is 1. The average Bonchev–Trinajstić information content (AvgIpc) is 2.37. The standard InChI is InChI=1S/C13H12N2O3/c1-9-4-2-5-10(15-9)8-18-11-6-3-7-14-12(11)13(16)17/h2-7H,8H2,1H3,(H,16,17). The monoisotopic (exact) mass is 244 g/mol. The molecule has 0 aromatic carbocycles. The van der Waals surface area contributed by atoms with Gasteiger partial charge in [-0.3, -0.25) is 4.98 Å². The zero-order valence-electron chi connectivity index (χ0n) is 9.83. The number of ether oxygens (including phenoxy) is 1. The van der Waals surface area contributed by atoms with E-state index in [2.05, 4.69) is 9.97 Å². The van der Waals surface area contributed by atoms with Gasteiger partial charge in [-0.05, 0) is 31.2 Å². The van der Waals surface area contributed by atoms with E-state index in [0.717, 1.165) is 11.4 Å². The first-order valence-corrected chi connectivity index (χ1v) is 5.40. The lowest BCUT2D eigenvalue weighted by atomic mass is 10.3. The largest absolute Gasteiger partial charge is 0.485 e. The average molecular weight is 244 g/mol. The Bertz CT molecular complexity index is 570. The van der Waals surface area contributed by atoms with Crippen LogP contribution in [0.5, 0.6) is 5.75 Å². The number of aromatic nitrogens is 2. The quantitative estimate of drug-likeness (QED) is 0.891. The molecular formula is C13H12N2O3. The summed E-state index contributed by atoms with van der Waals surface area (Å²) in [4.78, 5) is 19.0. The van der Waals surface area contributed by atoms with Crippen molar-refractivity contribution in [3.05, 3.63) is 53.6 Å². The number of carboxylic acids is 1. The second-order valence-electron chi connectivity index (χ2n) is 3.71. The van der Waals surface area contributed by atoms with E-state index in [-0.39, 0.29) is 18.1 Å². The second kappa shape index (κ2) is 5.27. The molecule has 0 aliphatic rings. The van der Waals surface area contributed by atoms with E-state index in [1.54, 1.807) is 12.1 Å². The molecule has 0 spiro atoms. The third kappa shape index (κ3) is 2.82. The first-order valence-electron chi connectivity index (χ1n) is 5.40.